The van der Waals surface area contributed by atoms with E-state index < -0.39 is 29.3 Å². The minimum atomic E-state index is -0.952. The van der Waals surface area contributed by atoms with Crippen LogP contribution in [0.4, 0.5) is 4.79 Å². The van der Waals surface area contributed by atoms with Crippen LogP contribution in [0, 0.1) is 13.8 Å². The van der Waals surface area contributed by atoms with Crippen molar-refractivity contribution < 1.29 is 19.1 Å². The van der Waals surface area contributed by atoms with E-state index in [2.05, 4.69) is 10.6 Å². The van der Waals surface area contributed by atoms with Gasteiger partial charge in [-0.3, -0.25) is 9.59 Å². The largest absolute Gasteiger partial charge is 0.444 e. The Morgan fingerprint density at radius 3 is 1.89 bits per heavy atom. The van der Waals surface area contributed by atoms with Crippen LogP contribution in [0.1, 0.15) is 83.7 Å². The molecule has 0 bridgehead atoms. The van der Waals surface area contributed by atoms with Crippen molar-refractivity contribution in [2.45, 2.75) is 105 Å². The minimum absolute atomic E-state index is 0.118. The average Bonchev–Trinajstić information content (AvgIpc) is 2.73. The smallest absolute Gasteiger partial charge is 0.408 e. The number of carbonyl (C=O) groups is 3. The number of hydrogen-bond donors (Lipinski definition) is 2. The summed E-state index contributed by atoms with van der Waals surface area (Å²) in [6, 6.07) is 13.4. The van der Waals surface area contributed by atoms with Gasteiger partial charge < -0.3 is 20.3 Å². The lowest BCUT2D eigenvalue weighted by Gasteiger charge is -2.43. The Kier molecular flexibility index (Phi) is 10.1. The summed E-state index contributed by atoms with van der Waals surface area (Å²) < 4.78 is 5.50. The Morgan fingerprint density at radius 1 is 0.868 bits per heavy atom. The first-order valence-electron chi connectivity index (χ1n) is 13.2. The van der Waals surface area contributed by atoms with E-state index in [1.807, 2.05) is 97.0 Å². The molecule has 0 saturated heterocycles. The Morgan fingerprint density at radius 2 is 1.42 bits per heavy atom. The Hall–Kier alpha value is -3.35. The molecule has 0 heterocycles. The topological polar surface area (TPSA) is 87.7 Å². The van der Waals surface area contributed by atoms with Crippen molar-refractivity contribution in [3.05, 3.63) is 70.8 Å². The fourth-order valence-electron chi connectivity index (χ4n) is 4.46. The number of rotatable bonds is 8. The van der Waals surface area contributed by atoms with Crippen molar-refractivity contribution in [2.75, 3.05) is 0 Å². The second kappa shape index (κ2) is 12.5. The van der Waals surface area contributed by atoms with E-state index in [9.17, 15) is 14.4 Å². The summed E-state index contributed by atoms with van der Waals surface area (Å²) >= 11 is 0. The van der Waals surface area contributed by atoms with Gasteiger partial charge in [-0.2, -0.15) is 0 Å². The highest BCUT2D eigenvalue weighted by atomic mass is 16.6. The van der Waals surface area contributed by atoms with Crippen LogP contribution in [0.2, 0.25) is 0 Å². The standard InChI is InChI=1S/C31H45N3O4/c1-20(2)32-27(35)26(24-17-21(3)16-22(4)18-24)34(30(5,6)7)28(36)25(19-23-14-12-11-13-15-23)33-29(37)38-31(8,9)10/h11-18,20,25-26H,19H2,1-10H3,(H,32,35)(H,33,37). The fourth-order valence-corrected chi connectivity index (χ4v) is 4.46. The molecular formula is C31H45N3O4. The molecule has 0 aliphatic rings. The molecule has 2 N–H and O–H groups in total. The van der Waals surface area contributed by atoms with E-state index in [1.54, 1.807) is 25.7 Å². The predicted octanol–water partition coefficient (Wildman–Crippen LogP) is 5.63. The Labute approximate surface area is 228 Å². The number of carbonyl (C=O) groups excluding carboxylic acids is 3. The molecular weight excluding hydrogens is 478 g/mol. The van der Waals surface area contributed by atoms with E-state index in [1.165, 1.54) is 0 Å². The van der Waals surface area contributed by atoms with Gasteiger partial charge in [0.25, 0.3) is 0 Å². The van der Waals surface area contributed by atoms with Crippen molar-refractivity contribution in [2.24, 2.45) is 0 Å². The van der Waals surface area contributed by atoms with Crippen molar-refractivity contribution in [1.29, 1.82) is 0 Å². The molecule has 2 aromatic rings. The summed E-state index contributed by atoms with van der Waals surface area (Å²) in [4.78, 5) is 42.7. The number of nitrogens with one attached hydrogen (secondary N) is 2. The number of aryl methyl sites for hydroxylation is 2. The first-order valence-corrected chi connectivity index (χ1v) is 13.2. The van der Waals surface area contributed by atoms with Crippen LogP contribution in [0.5, 0.6) is 0 Å². The summed E-state index contributed by atoms with van der Waals surface area (Å²) in [5, 5.41) is 5.80. The number of benzene rings is 2. The average molecular weight is 524 g/mol. The van der Waals surface area contributed by atoms with E-state index in [0.29, 0.717) is 0 Å². The van der Waals surface area contributed by atoms with Crippen molar-refractivity contribution in [3.63, 3.8) is 0 Å². The fraction of sp³-hybridized carbons (Fsp3) is 0.516. The van der Waals surface area contributed by atoms with E-state index >= 15 is 0 Å². The molecule has 0 aliphatic heterocycles. The molecule has 208 valence electrons. The third kappa shape index (κ3) is 9.19. The maximum Gasteiger partial charge on any atom is 0.408 e. The quantitative estimate of drug-likeness (QED) is 0.469. The maximum absolute atomic E-state index is 14.4. The monoisotopic (exact) mass is 523 g/mol. The molecule has 2 aromatic carbocycles. The molecule has 0 fully saturated rings. The highest BCUT2D eigenvalue weighted by Gasteiger charge is 2.42. The number of ether oxygens (including phenoxy) is 1. The summed E-state index contributed by atoms with van der Waals surface area (Å²) in [5.41, 5.74) is 2.11. The second-order valence-corrected chi connectivity index (χ2v) is 12.3. The van der Waals surface area contributed by atoms with E-state index in [-0.39, 0.29) is 24.3 Å². The summed E-state index contributed by atoms with van der Waals surface area (Å²) in [6.07, 6.45) is -0.438. The molecule has 38 heavy (non-hydrogen) atoms. The molecule has 0 aliphatic carbocycles. The lowest BCUT2D eigenvalue weighted by molar-refractivity contribution is -0.148. The van der Waals surface area contributed by atoms with Gasteiger partial charge in [-0.15, -0.1) is 0 Å². The Balaban J connectivity index is 2.64. The summed E-state index contributed by atoms with van der Waals surface area (Å²) in [5.74, 6) is -0.640. The highest BCUT2D eigenvalue weighted by molar-refractivity contribution is 5.93. The van der Waals surface area contributed by atoms with Gasteiger partial charge in [0.05, 0.1) is 0 Å². The number of amides is 3. The first kappa shape index (κ1) is 30.9. The third-order valence-corrected chi connectivity index (χ3v) is 5.73. The first-order chi connectivity index (χ1) is 17.5. The van der Waals surface area contributed by atoms with Gasteiger partial charge >= 0.3 is 6.09 Å². The van der Waals surface area contributed by atoms with Crippen LogP contribution in [0.25, 0.3) is 0 Å². The van der Waals surface area contributed by atoms with Gasteiger partial charge in [0, 0.05) is 18.0 Å². The molecule has 2 rings (SSSR count). The van der Waals surface area contributed by atoms with Gasteiger partial charge in [-0.25, -0.2) is 4.79 Å². The van der Waals surface area contributed by atoms with Crippen LogP contribution < -0.4 is 10.6 Å². The van der Waals surface area contributed by atoms with Crippen LogP contribution >= 0.6 is 0 Å². The summed E-state index contributed by atoms with van der Waals surface area (Å²) in [6.45, 7) is 18.7. The van der Waals surface area contributed by atoms with Crippen LogP contribution in [0.15, 0.2) is 48.5 Å². The van der Waals surface area contributed by atoms with Crippen molar-refractivity contribution in [3.8, 4) is 0 Å². The zero-order chi connectivity index (χ0) is 28.8. The van der Waals surface area contributed by atoms with Gasteiger partial charge in [-0.05, 0) is 80.4 Å². The predicted molar refractivity (Wildman–Crippen MR) is 152 cm³/mol. The van der Waals surface area contributed by atoms with Crippen molar-refractivity contribution >= 4 is 17.9 Å². The lowest BCUT2D eigenvalue weighted by atomic mass is 9.92. The second-order valence-electron chi connectivity index (χ2n) is 12.3. The van der Waals surface area contributed by atoms with Crippen molar-refractivity contribution in [1.82, 2.24) is 15.5 Å². The normalized spacial score (nSPS) is 13.4. The molecule has 7 nitrogen and oxygen atoms in total. The van der Waals surface area contributed by atoms with Gasteiger partial charge in [0.2, 0.25) is 11.8 Å². The van der Waals surface area contributed by atoms with Gasteiger partial charge in [0.15, 0.2) is 0 Å². The zero-order valence-corrected chi connectivity index (χ0v) is 24.6. The van der Waals surface area contributed by atoms with E-state index in [0.717, 1.165) is 22.3 Å². The van der Waals surface area contributed by atoms with E-state index in [4.69, 9.17) is 4.74 Å². The molecule has 7 heteroatoms. The highest BCUT2D eigenvalue weighted by Crippen LogP contribution is 2.31. The van der Waals surface area contributed by atoms with Gasteiger partial charge in [0.1, 0.15) is 17.7 Å². The maximum atomic E-state index is 14.4. The summed E-state index contributed by atoms with van der Waals surface area (Å²) in [7, 11) is 0. The lowest BCUT2D eigenvalue weighted by Crippen LogP contribution is -2.59. The van der Waals surface area contributed by atoms with Gasteiger partial charge in [-0.1, -0.05) is 59.7 Å². The molecule has 3 amide bonds. The zero-order valence-electron chi connectivity index (χ0n) is 24.6. The third-order valence-electron chi connectivity index (χ3n) is 5.73. The SMILES string of the molecule is Cc1cc(C)cc(C(C(=O)NC(C)C)N(C(=O)C(Cc2ccccc2)NC(=O)OC(C)(C)C)C(C)(C)C)c1. The van der Waals surface area contributed by atoms with Crippen LogP contribution in [0.3, 0.4) is 0 Å². The Bertz CT molecular complexity index is 1090. The van der Waals surface area contributed by atoms with Crippen LogP contribution in [-0.4, -0.2) is 46.0 Å². The molecule has 0 spiro atoms. The number of hydrogen-bond acceptors (Lipinski definition) is 4. The molecule has 0 radical (unpaired) electrons. The van der Waals surface area contributed by atoms with Crippen LogP contribution in [-0.2, 0) is 20.7 Å². The molecule has 2 atom stereocenters. The molecule has 0 aromatic heterocycles. The minimum Gasteiger partial charge on any atom is -0.444 e. The number of nitrogens with zero attached hydrogens (tertiary/aromatic N) is 1. The molecule has 2 unspecified atom stereocenters. The number of alkyl carbamates (subject to hydrolysis) is 1. The molecule has 0 saturated carbocycles.